The van der Waals surface area contributed by atoms with Gasteiger partial charge in [-0.3, -0.25) is 4.68 Å². The van der Waals surface area contributed by atoms with E-state index >= 15 is 0 Å². The quantitative estimate of drug-likeness (QED) is 0.654. The van der Waals surface area contributed by atoms with Crippen LogP contribution in [0.4, 0.5) is 0 Å². The third-order valence-electron chi connectivity index (χ3n) is 3.03. The Kier molecular flexibility index (Phi) is 6.93. The van der Waals surface area contributed by atoms with Crippen molar-refractivity contribution in [2.45, 2.75) is 45.4 Å². The van der Waals surface area contributed by atoms with E-state index in [1.807, 2.05) is 16.9 Å². The van der Waals surface area contributed by atoms with Gasteiger partial charge in [0.05, 0.1) is 18.4 Å². The molecule has 2 unspecified atom stereocenters. The van der Waals surface area contributed by atoms with E-state index in [4.69, 9.17) is 4.74 Å². The normalized spacial score (nSPS) is 14.7. The molecule has 1 aromatic rings. The zero-order chi connectivity index (χ0) is 13.4. The van der Waals surface area contributed by atoms with Crippen molar-refractivity contribution in [3.63, 3.8) is 0 Å². The van der Waals surface area contributed by atoms with E-state index in [0.29, 0.717) is 19.1 Å². The highest BCUT2D eigenvalue weighted by molar-refractivity contribution is 4.99. The van der Waals surface area contributed by atoms with Gasteiger partial charge < -0.3 is 15.2 Å². The molecular formula is C13H25N3O2. The van der Waals surface area contributed by atoms with Gasteiger partial charge >= 0.3 is 0 Å². The van der Waals surface area contributed by atoms with Crippen molar-refractivity contribution >= 4 is 0 Å². The second kappa shape index (κ2) is 8.24. The van der Waals surface area contributed by atoms with Crippen molar-refractivity contribution in [2.24, 2.45) is 0 Å². The number of aliphatic hydroxyl groups is 1. The summed E-state index contributed by atoms with van der Waals surface area (Å²) in [4.78, 5) is 0. The number of nitrogens with one attached hydrogen (secondary N) is 1. The van der Waals surface area contributed by atoms with Crippen LogP contribution in [0.15, 0.2) is 12.3 Å². The maximum absolute atomic E-state index is 9.47. The smallest absolute Gasteiger partial charge is 0.0785 e. The summed E-state index contributed by atoms with van der Waals surface area (Å²) in [7, 11) is 1.60. The summed E-state index contributed by atoms with van der Waals surface area (Å²) in [5, 5.41) is 17.2. The number of methoxy groups -OCH3 is 1. The van der Waals surface area contributed by atoms with Crippen LogP contribution < -0.4 is 5.32 Å². The molecule has 5 nitrogen and oxygen atoms in total. The Labute approximate surface area is 109 Å². The summed E-state index contributed by atoms with van der Waals surface area (Å²) in [5.41, 5.74) is 1.04. The van der Waals surface area contributed by atoms with Gasteiger partial charge in [-0.15, -0.1) is 0 Å². The van der Waals surface area contributed by atoms with E-state index < -0.39 is 0 Å². The minimum Gasteiger partial charge on any atom is -0.391 e. The van der Waals surface area contributed by atoms with Gasteiger partial charge in [0.1, 0.15) is 0 Å². The number of aromatic nitrogens is 2. The second-order valence-corrected chi connectivity index (χ2v) is 4.62. The largest absolute Gasteiger partial charge is 0.391 e. The molecule has 0 fully saturated rings. The number of hydrogen-bond acceptors (Lipinski definition) is 4. The van der Waals surface area contributed by atoms with Crippen molar-refractivity contribution in [2.75, 3.05) is 20.3 Å². The van der Waals surface area contributed by atoms with Crippen molar-refractivity contribution in [1.29, 1.82) is 0 Å². The number of aliphatic hydroxyl groups excluding tert-OH is 1. The lowest BCUT2D eigenvalue weighted by atomic mass is 10.2. The first-order chi connectivity index (χ1) is 8.67. The standard InChI is InChI=1S/C13H25N3O2/c1-4-11(2)16-8-6-12(15-16)9-14-7-5-13(17)10-18-3/h6,8,11,13-14,17H,4-5,7,9-10H2,1-3H3. The van der Waals surface area contributed by atoms with Crippen molar-refractivity contribution < 1.29 is 9.84 Å². The first kappa shape index (κ1) is 15.1. The van der Waals surface area contributed by atoms with Gasteiger partial charge in [0.25, 0.3) is 0 Å². The van der Waals surface area contributed by atoms with E-state index in [-0.39, 0.29) is 6.10 Å². The highest BCUT2D eigenvalue weighted by Gasteiger charge is 2.05. The molecule has 0 amide bonds. The molecule has 2 atom stereocenters. The first-order valence-electron chi connectivity index (χ1n) is 6.59. The van der Waals surface area contributed by atoms with Gasteiger partial charge in [0.2, 0.25) is 0 Å². The topological polar surface area (TPSA) is 59.3 Å². The number of nitrogens with zero attached hydrogens (tertiary/aromatic N) is 2. The fourth-order valence-electron chi connectivity index (χ4n) is 1.67. The molecule has 0 saturated heterocycles. The lowest BCUT2D eigenvalue weighted by molar-refractivity contribution is 0.0594. The Bertz CT molecular complexity index is 328. The SMILES string of the molecule is CCC(C)n1ccc(CNCCC(O)COC)n1. The molecule has 5 heteroatoms. The van der Waals surface area contributed by atoms with E-state index in [0.717, 1.165) is 25.2 Å². The van der Waals surface area contributed by atoms with E-state index in [1.54, 1.807) is 7.11 Å². The molecule has 1 aromatic heterocycles. The van der Waals surface area contributed by atoms with Crippen LogP contribution in [0.2, 0.25) is 0 Å². The summed E-state index contributed by atoms with van der Waals surface area (Å²) in [5.74, 6) is 0. The average Bonchev–Trinajstić information content (AvgIpc) is 2.83. The Hall–Kier alpha value is -0.910. The molecule has 0 saturated carbocycles. The van der Waals surface area contributed by atoms with Crippen LogP contribution in [0.25, 0.3) is 0 Å². The fourth-order valence-corrected chi connectivity index (χ4v) is 1.67. The van der Waals surface area contributed by atoms with E-state index in [9.17, 15) is 5.11 Å². The Balaban J connectivity index is 2.21. The number of hydrogen-bond donors (Lipinski definition) is 2. The van der Waals surface area contributed by atoms with Gasteiger partial charge in [-0.05, 0) is 32.4 Å². The summed E-state index contributed by atoms with van der Waals surface area (Å²) < 4.78 is 6.86. The summed E-state index contributed by atoms with van der Waals surface area (Å²) in [6.07, 6.45) is 3.41. The maximum Gasteiger partial charge on any atom is 0.0785 e. The number of rotatable bonds is 9. The highest BCUT2D eigenvalue weighted by Crippen LogP contribution is 2.08. The molecule has 0 spiro atoms. The molecule has 0 aliphatic heterocycles. The fraction of sp³-hybridized carbons (Fsp3) is 0.769. The first-order valence-corrected chi connectivity index (χ1v) is 6.59. The van der Waals surface area contributed by atoms with Gasteiger partial charge in [-0.1, -0.05) is 6.92 Å². The van der Waals surface area contributed by atoms with Crippen molar-refractivity contribution in [3.05, 3.63) is 18.0 Å². The molecule has 0 aliphatic carbocycles. The van der Waals surface area contributed by atoms with E-state index in [1.165, 1.54) is 0 Å². The summed E-state index contributed by atoms with van der Waals surface area (Å²) in [6, 6.07) is 2.48. The predicted molar refractivity (Wildman–Crippen MR) is 71.4 cm³/mol. The zero-order valence-electron chi connectivity index (χ0n) is 11.6. The van der Waals surface area contributed by atoms with Gasteiger partial charge in [0.15, 0.2) is 0 Å². The minimum atomic E-state index is -0.389. The van der Waals surface area contributed by atoms with Gasteiger partial charge in [-0.2, -0.15) is 5.10 Å². The maximum atomic E-state index is 9.47. The molecule has 0 aliphatic rings. The average molecular weight is 255 g/mol. The molecule has 18 heavy (non-hydrogen) atoms. The van der Waals surface area contributed by atoms with Crippen molar-refractivity contribution in [3.8, 4) is 0 Å². The second-order valence-electron chi connectivity index (χ2n) is 4.62. The summed E-state index contributed by atoms with van der Waals surface area (Å²) in [6.45, 7) is 6.21. The predicted octanol–water partition coefficient (Wildman–Crippen LogP) is 1.34. The summed E-state index contributed by atoms with van der Waals surface area (Å²) >= 11 is 0. The number of ether oxygens (including phenoxy) is 1. The van der Waals surface area contributed by atoms with Crippen LogP contribution >= 0.6 is 0 Å². The molecule has 1 rings (SSSR count). The molecule has 0 bridgehead atoms. The van der Waals surface area contributed by atoms with Crippen LogP contribution in [-0.4, -0.2) is 41.3 Å². The van der Waals surface area contributed by atoms with Crippen molar-refractivity contribution in [1.82, 2.24) is 15.1 Å². The van der Waals surface area contributed by atoms with Crippen LogP contribution in [0.1, 0.15) is 38.4 Å². The highest BCUT2D eigenvalue weighted by atomic mass is 16.5. The Morgan fingerprint density at radius 3 is 3.00 bits per heavy atom. The van der Waals surface area contributed by atoms with E-state index in [2.05, 4.69) is 24.3 Å². The lowest BCUT2D eigenvalue weighted by Gasteiger charge is -2.10. The van der Waals surface area contributed by atoms with Gasteiger partial charge in [0, 0.05) is 25.9 Å². The molecule has 0 aromatic carbocycles. The Morgan fingerprint density at radius 2 is 2.33 bits per heavy atom. The monoisotopic (exact) mass is 255 g/mol. The van der Waals surface area contributed by atoms with Crippen LogP contribution in [0.3, 0.4) is 0 Å². The third-order valence-corrected chi connectivity index (χ3v) is 3.03. The lowest BCUT2D eigenvalue weighted by Crippen LogP contribution is -2.23. The van der Waals surface area contributed by atoms with Crippen LogP contribution in [-0.2, 0) is 11.3 Å². The zero-order valence-corrected chi connectivity index (χ0v) is 11.6. The molecule has 2 N–H and O–H groups in total. The minimum absolute atomic E-state index is 0.389. The molecule has 104 valence electrons. The van der Waals surface area contributed by atoms with Crippen LogP contribution in [0, 0.1) is 0 Å². The molecule has 0 radical (unpaired) electrons. The molecule has 1 heterocycles. The third kappa shape index (κ3) is 5.16. The molecular weight excluding hydrogens is 230 g/mol. The van der Waals surface area contributed by atoms with Crippen LogP contribution in [0.5, 0.6) is 0 Å². The Morgan fingerprint density at radius 1 is 1.56 bits per heavy atom. The van der Waals surface area contributed by atoms with Gasteiger partial charge in [-0.25, -0.2) is 0 Å².